The molecule has 1 aliphatic rings. The van der Waals surface area contributed by atoms with Crippen LogP contribution in [-0.2, 0) is 32.4 Å². The Hall–Kier alpha value is -2.06. The van der Waals surface area contributed by atoms with Crippen molar-refractivity contribution in [1.29, 1.82) is 0 Å². The average molecular weight is 360 g/mol. The van der Waals surface area contributed by atoms with Gasteiger partial charge in [0.25, 0.3) is 0 Å². The van der Waals surface area contributed by atoms with Crippen molar-refractivity contribution in [2.45, 2.75) is 52.4 Å². The molecule has 2 aromatic rings. The van der Waals surface area contributed by atoms with Crippen molar-refractivity contribution in [3.63, 3.8) is 0 Å². The summed E-state index contributed by atoms with van der Waals surface area (Å²) in [5.74, 6) is -0.442. The van der Waals surface area contributed by atoms with Crippen molar-refractivity contribution < 1.29 is 18.8 Å². The lowest BCUT2D eigenvalue weighted by Gasteiger charge is -2.32. The molecule has 0 spiro atoms. The third-order valence-corrected chi connectivity index (χ3v) is 5.29. The highest BCUT2D eigenvalue weighted by Crippen LogP contribution is 2.36. The number of aromatic nitrogens is 2. The van der Waals surface area contributed by atoms with Gasteiger partial charge in [-0.25, -0.2) is 4.79 Å². The molecular weight excluding hydrogens is 335 g/mol. The van der Waals surface area contributed by atoms with E-state index < -0.39 is 24.3 Å². The first-order chi connectivity index (χ1) is 12.1. The predicted octanol–water partition coefficient (Wildman–Crippen LogP) is 1.20. The average Bonchev–Trinajstić information content (AvgIpc) is 2.92. The van der Waals surface area contributed by atoms with Gasteiger partial charge in [0.05, 0.1) is 28.8 Å². The minimum atomic E-state index is -0.532. The van der Waals surface area contributed by atoms with Crippen LogP contribution in [0.1, 0.15) is 34.6 Å². The van der Waals surface area contributed by atoms with E-state index in [1.807, 2.05) is 45.9 Å². The van der Waals surface area contributed by atoms with Crippen molar-refractivity contribution in [3.05, 3.63) is 28.7 Å². The molecule has 8 heteroatoms. The number of imidazole rings is 1. The minimum absolute atomic E-state index is 0.128. The second-order valence-corrected chi connectivity index (χ2v) is 7.57. The Labute approximate surface area is 153 Å². The van der Waals surface area contributed by atoms with E-state index in [0.717, 1.165) is 11.0 Å². The van der Waals surface area contributed by atoms with Gasteiger partial charge in [0.1, 0.15) is 6.54 Å². The van der Waals surface area contributed by atoms with E-state index in [0.29, 0.717) is 5.52 Å². The molecule has 0 bridgehead atoms. The smallest absolute Gasteiger partial charge is 0.465 e. The van der Waals surface area contributed by atoms with Gasteiger partial charge in [-0.3, -0.25) is 13.9 Å². The van der Waals surface area contributed by atoms with E-state index in [1.165, 1.54) is 9.13 Å². The number of aryl methyl sites for hydroxylation is 1. The van der Waals surface area contributed by atoms with Crippen LogP contribution in [-0.4, -0.2) is 40.0 Å². The summed E-state index contributed by atoms with van der Waals surface area (Å²) in [6, 6.07) is 5.58. The number of rotatable bonds is 4. The third-order valence-electron chi connectivity index (χ3n) is 5.29. The van der Waals surface area contributed by atoms with Crippen molar-refractivity contribution in [2.24, 2.45) is 7.05 Å². The van der Waals surface area contributed by atoms with Crippen LogP contribution in [0.25, 0.3) is 11.0 Å². The number of hydrogen-bond donors (Lipinski definition) is 0. The van der Waals surface area contributed by atoms with Crippen LogP contribution >= 0.6 is 0 Å². The Morgan fingerprint density at radius 1 is 1.15 bits per heavy atom. The summed E-state index contributed by atoms with van der Waals surface area (Å²) >= 11 is 0. The number of hydrogen-bond acceptors (Lipinski definition) is 5. The van der Waals surface area contributed by atoms with Gasteiger partial charge in [-0.05, 0) is 52.2 Å². The molecule has 1 aromatic heterocycles. The van der Waals surface area contributed by atoms with Crippen LogP contribution in [0.2, 0.25) is 0 Å². The van der Waals surface area contributed by atoms with Crippen molar-refractivity contribution in [1.82, 2.24) is 9.13 Å². The molecule has 1 saturated heterocycles. The summed E-state index contributed by atoms with van der Waals surface area (Å²) in [4.78, 5) is 24.4. The SMILES string of the molecule is CCOC(=O)Cn1c(=O)n(C)c2ccc(B3OC(C)(C)C(C)(C)O3)cc21. The Morgan fingerprint density at radius 3 is 2.35 bits per heavy atom. The molecule has 3 rings (SSSR count). The Bertz CT molecular complexity index is 896. The lowest BCUT2D eigenvalue weighted by Crippen LogP contribution is -2.41. The van der Waals surface area contributed by atoms with Crippen molar-refractivity contribution in [2.75, 3.05) is 6.61 Å². The number of esters is 1. The predicted molar refractivity (Wildman–Crippen MR) is 99.5 cm³/mol. The van der Waals surface area contributed by atoms with Crippen LogP contribution in [0.5, 0.6) is 0 Å². The zero-order valence-electron chi connectivity index (χ0n) is 16.2. The summed E-state index contributed by atoms with van der Waals surface area (Å²) in [6.07, 6.45) is 0. The Balaban J connectivity index is 2.03. The quantitative estimate of drug-likeness (QED) is 0.605. The summed E-state index contributed by atoms with van der Waals surface area (Å²) in [7, 11) is 1.15. The second-order valence-electron chi connectivity index (χ2n) is 7.57. The zero-order chi connectivity index (χ0) is 19.3. The molecule has 140 valence electrons. The van der Waals surface area contributed by atoms with Gasteiger partial charge in [-0.15, -0.1) is 0 Å². The lowest BCUT2D eigenvalue weighted by molar-refractivity contribution is -0.143. The first kappa shape index (κ1) is 18.7. The number of carbonyl (C=O) groups excluding carboxylic acids is 1. The molecule has 26 heavy (non-hydrogen) atoms. The van der Waals surface area contributed by atoms with Gasteiger partial charge in [0, 0.05) is 7.05 Å². The number of carbonyl (C=O) groups is 1. The minimum Gasteiger partial charge on any atom is -0.465 e. The van der Waals surface area contributed by atoms with Crippen molar-refractivity contribution >= 4 is 29.6 Å². The fourth-order valence-electron chi connectivity index (χ4n) is 3.04. The van der Waals surface area contributed by atoms with Gasteiger partial charge in [0.2, 0.25) is 0 Å². The zero-order valence-corrected chi connectivity index (χ0v) is 16.2. The van der Waals surface area contributed by atoms with Gasteiger partial charge >= 0.3 is 18.8 Å². The first-order valence-electron chi connectivity index (χ1n) is 8.78. The van der Waals surface area contributed by atoms with Crippen LogP contribution in [0.4, 0.5) is 0 Å². The number of nitrogens with zero attached hydrogens (tertiary/aromatic N) is 2. The molecule has 1 fully saturated rings. The monoisotopic (exact) mass is 360 g/mol. The highest BCUT2D eigenvalue weighted by molar-refractivity contribution is 6.62. The molecule has 0 aliphatic carbocycles. The molecule has 0 atom stereocenters. The molecule has 1 aliphatic heterocycles. The van der Waals surface area contributed by atoms with E-state index in [9.17, 15) is 9.59 Å². The van der Waals surface area contributed by atoms with Gasteiger partial charge in [0.15, 0.2) is 0 Å². The topological polar surface area (TPSA) is 71.7 Å². The first-order valence-corrected chi connectivity index (χ1v) is 8.78. The lowest BCUT2D eigenvalue weighted by atomic mass is 9.79. The van der Waals surface area contributed by atoms with Crippen LogP contribution < -0.4 is 11.2 Å². The maximum absolute atomic E-state index is 12.5. The molecule has 1 aromatic carbocycles. The summed E-state index contributed by atoms with van der Waals surface area (Å²) in [6.45, 7) is 9.85. The van der Waals surface area contributed by atoms with Crippen LogP contribution in [0.15, 0.2) is 23.0 Å². The number of fused-ring (bicyclic) bond motifs is 1. The maximum atomic E-state index is 12.5. The Morgan fingerprint density at radius 2 is 1.77 bits per heavy atom. The highest BCUT2D eigenvalue weighted by Gasteiger charge is 2.51. The molecule has 0 unspecified atom stereocenters. The fourth-order valence-corrected chi connectivity index (χ4v) is 3.04. The molecule has 0 saturated carbocycles. The standard InChI is InChI=1S/C18H25BN2O5/c1-7-24-15(22)11-21-14-10-12(8-9-13(14)20(6)16(21)23)19-25-17(2,3)18(4,5)26-19/h8-10H,7,11H2,1-6H3. The van der Waals surface area contributed by atoms with Crippen LogP contribution in [0.3, 0.4) is 0 Å². The van der Waals surface area contributed by atoms with E-state index in [2.05, 4.69) is 0 Å². The largest absolute Gasteiger partial charge is 0.494 e. The van der Waals surface area contributed by atoms with E-state index in [-0.39, 0.29) is 18.8 Å². The third kappa shape index (κ3) is 2.97. The van der Waals surface area contributed by atoms with Gasteiger partial charge < -0.3 is 14.0 Å². The molecular formula is C18H25BN2O5. The van der Waals surface area contributed by atoms with E-state index >= 15 is 0 Å². The summed E-state index contributed by atoms with van der Waals surface area (Å²) < 4.78 is 20.1. The van der Waals surface area contributed by atoms with Gasteiger partial charge in [-0.1, -0.05) is 6.07 Å². The maximum Gasteiger partial charge on any atom is 0.494 e. The van der Waals surface area contributed by atoms with E-state index in [4.69, 9.17) is 14.0 Å². The fraction of sp³-hybridized carbons (Fsp3) is 0.556. The molecule has 0 N–H and O–H groups in total. The molecule has 0 radical (unpaired) electrons. The van der Waals surface area contributed by atoms with Gasteiger partial charge in [-0.2, -0.15) is 0 Å². The molecule has 2 heterocycles. The Kier molecular flexibility index (Phi) is 4.52. The second kappa shape index (κ2) is 6.28. The summed E-state index contributed by atoms with van der Waals surface area (Å²) in [5, 5.41) is 0. The summed E-state index contributed by atoms with van der Waals surface area (Å²) in [5.41, 5.74) is 1.03. The highest BCUT2D eigenvalue weighted by atomic mass is 16.7. The normalized spacial score (nSPS) is 18.5. The molecule has 0 amide bonds. The van der Waals surface area contributed by atoms with Crippen molar-refractivity contribution in [3.8, 4) is 0 Å². The number of ether oxygens (including phenoxy) is 1. The van der Waals surface area contributed by atoms with E-state index in [1.54, 1.807) is 14.0 Å². The van der Waals surface area contributed by atoms with Crippen LogP contribution in [0, 0.1) is 0 Å². The molecule has 7 nitrogen and oxygen atoms in total. The number of benzene rings is 1.